The van der Waals surface area contributed by atoms with Crippen LogP contribution in [0.15, 0.2) is 11.6 Å². The second-order valence-corrected chi connectivity index (χ2v) is 9.52. The van der Waals surface area contributed by atoms with Crippen molar-refractivity contribution in [1.29, 1.82) is 0 Å². The summed E-state index contributed by atoms with van der Waals surface area (Å²) in [5.41, 5.74) is 0.911. The highest BCUT2D eigenvalue weighted by Crippen LogP contribution is 2.66. The molecule has 2 nitrogen and oxygen atoms in total. The van der Waals surface area contributed by atoms with Crippen LogP contribution in [0.2, 0.25) is 0 Å². The predicted octanol–water partition coefficient (Wildman–Crippen LogP) is 4.53. The van der Waals surface area contributed by atoms with E-state index in [0.717, 1.165) is 19.3 Å². The molecule has 0 radical (unpaired) electrons. The lowest BCUT2D eigenvalue weighted by atomic mass is 9.43. The van der Waals surface area contributed by atoms with Gasteiger partial charge in [-0.25, -0.2) is 4.39 Å². The van der Waals surface area contributed by atoms with Gasteiger partial charge in [-0.1, -0.05) is 33.3 Å². The Morgan fingerprint density at radius 3 is 2.54 bits per heavy atom. The van der Waals surface area contributed by atoms with Gasteiger partial charge >= 0.3 is 0 Å². The number of Topliss-reactive ketones (excluding diaryl/α,β-unsaturated/α-hetero) is 1. The monoisotopic (exact) mass is 332 g/mol. The van der Waals surface area contributed by atoms with Crippen molar-refractivity contribution < 1.29 is 14.0 Å². The van der Waals surface area contributed by atoms with Gasteiger partial charge in [0.15, 0.2) is 17.7 Å². The van der Waals surface area contributed by atoms with Crippen molar-refractivity contribution in [2.75, 3.05) is 0 Å². The fourth-order valence-corrected chi connectivity index (χ4v) is 7.05. The van der Waals surface area contributed by atoms with E-state index in [-0.39, 0.29) is 22.9 Å². The lowest BCUT2D eigenvalue weighted by Crippen LogP contribution is -2.55. The summed E-state index contributed by atoms with van der Waals surface area (Å²) >= 11 is 0. The van der Waals surface area contributed by atoms with Crippen LogP contribution >= 0.6 is 0 Å². The minimum absolute atomic E-state index is 0.0455. The minimum atomic E-state index is -1.26. The molecule has 0 N–H and O–H groups in total. The van der Waals surface area contributed by atoms with E-state index in [2.05, 4.69) is 20.8 Å². The second-order valence-electron chi connectivity index (χ2n) is 9.52. The molecule has 8 atom stereocenters. The fourth-order valence-electron chi connectivity index (χ4n) is 7.05. The summed E-state index contributed by atoms with van der Waals surface area (Å²) in [6.07, 6.45) is 4.44. The van der Waals surface area contributed by atoms with Crippen LogP contribution < -0.4 is 0 Å². The van der Waals surface area contributed by atoms with Crippen LogP contribution in [0.25, 0.3) is 0 Å². The molecule has 0 aromatic heterocycles. The van der Waals surface area contributed by atoms with Crippen LogP contribution in [-0.2, 0) is 9.59 Å². The Labute approximate surface area is 144 Å². The zero-order valence-corrected chi connectivity index (χ0v) is 15.3. The van der Waals surface area contributed by atoms with Gasteiger partial charge in [0.25, 0.3) is 0 Å². The third-order valence-electron chi connectivity index (χ3n) is 8.56. The molecule has 24 heavy (non-hydrogen) atoms. The molecular weight excluding hydrogens is 303 g/mol. The number of hydrogen-bond donors (Lipinski definition) is 0. The molecule has 0 bridgehead atoms. The fraction of sp³-hybridized carbons (Fsp3) is 0.810. The zero-order valence-electron chi connectivity index (χ0n) is 15.3. The Hall–Kier alpha value is -0.990. The molecule has 3 heteroatoms. The van der Waals surface area contributed by atoms with Crippen molar-refractivity contribution >= 4 is 11.6 Å². The number of halogens is 1. The molecular formula is C21H29FO2. The first-order chi connectivity index (χ1) is 11.2. The summed E-state index contributed by atoms with van der Waals surface area (Å²) in [7, 11) is 0. The van der Waals surface area contributed by atoms with E-state index >= 15 is 0 Å². The second kappa shape index (κ2) is 5.02. The summed E-state index contributed by atoms with van der Waals surface area (Å²) in [5.74, 6) is 1.95. The maximum Gasteiger partial charge on any atom is 0.173 e. The number of fused-ring (bicyclic) bond motifs is 5. The van der Waals surface area contributed by atoms with E-state index in [0.29, 0.717) is 36.5 Å². The Morgan fingerprint density at radius 2 is 1.83 bits per heavy atom. The number of alkyl halides is 1. The molecule has 4 rings (SSSR count). The van der Waals surface area contributed by atoms with Crippen molar-refractivity contribution in [3.63, 3.8) is 0 Å². The first-order valence-electron chi connectivity index (χ1n) is 9.62. The lowest BCUT2D eigenvalue weighted by Gasteiger charge is -2.60. The predicted molar refractivity (Wildman–Crippen MR) is 91.1 cm³/mol. The maximum atomic E-state index is 14.3. The van der Waals surface area contributed by atoms with Gasteiger partial charge in [0.1, 0.15) is 0 Å². The zero-order chi connectivity index (χ0) is 17.4. The summed E-state index contributed by atoms with van der Waals surface area (Å²) in [5, 5.41) is 0. The molecule has 4 aliphatic rings. The normalized spacial score (nSPS) is 54.0. The van der Waals surface area contributed by atoms with Gasteiger partial charge < -0.3 is 0 Å². The quantitative estimate of drug-likeness (QED) is 0.653. The number of rotatable bonds is 0. The van der Waals surface area contributed by atoms with E-state index in [1.54, 1.807) is 0 Å². The molecule has 3 saturated carbocycles. The van der Waals surface area contributed by atoms with Gasteiger partial charge in [-0.2, -0.15) is 0 Å². The van der Waals surface area contributed by atoms with Crippen LogP contribution in [0.4, 0.5) is 4.39 Å². The molecule has 0 aromatic rings. The van der Waals surface area contributed by atoms with E-state index in [1.807, 2.05) is 13.0 Å². The van der Waals surface area contributed by atoms with Crippen LogP contribution in [0.5, 0.6) is 0 Å². The average molecular weight is 332 g/mol. The number of ketones is 2. The lowest BCUT2D eigenvalue weighted by molar-refractivity contribution is -0.138. The van der Waals surface area contributed by atoms with Crippen LogP contribution in [0, 0.1) is 40.4 Å². The van der Waals surface area contributed by atoms with E-state index < -0.39 is 11.6 Å². The van der Waals surface area contributed by atoms with Crippen molar-refractivity contribution in [3.8, 4) is 0 Å². The third-order valence-corrected chi connectivity index (χ3v) is 8.56. The van der Waals surface area contributed by atoms with Crippen molar-refractivity contribution in [1.82, 2.24) is 0 Å². The minimum Gasteiger partial charge on any atom is -0.296 e. The van der Waals surface area contributed by atoms with E-state index in [1.165, 1.54) is 5.57 Å². The third kappa shape index (κ3) is 1.87. The van der Waals surface area contributed by atoms with Crippen molar-refractivity contribution in [2.45, 2.75) is 66.0 Å². The van der Waals surface area contributed by atoms with Gasteiger partial charge in [-0.15, -0.1) is 0 Å². The average Bonchev–Trinajstić information content (AvgIpc) is 2.74. The van der Waals surface area contributed by atoms with Crippen molar-refractivity contribution in [3.05, 3.63) is 11.6 Å². The molecule has 0 amide bonds. The van der Waals surface area contributed by atoms with Crippen LogP contribution in [0.3, 0.4) is 0 Å². The molecule has 0 heterocycles. The van der Waals surface area contributed by atoms with Gasteiger partial charge in [-0.05, 0) is 66.8 Å². The molecule has 0 aromatic carbocycles. The van der Waals surface area contributed by atoms with E-state index in [4.69, 9.17) is 0 Å². The van der Waals surface area contributed by atoms with E-state index in [9.17, 15) is 14.0 Å². The highest BCUT2D eigenvalue weighted by Gasteiger charge is 2.64. The molecule has 0 spiro atoms. The van der Waals surface area contributed by atoms with Gasteiger partial charge in [0, 0.05) is 11.8 Å². The Morgan fingerprint density at radius 1 is 1.12 bits per heavy atom. The highest BCUT2D eigenvalue weighted by atomic mass is 19.1. The first-order valence-corrected chi connectivity index (χ1v) is 9.62. The summed E-state index contributed by atoms with van der Waals surface area (Å²) in [6.45, 7) is 8.82. The van der Waals surface area contributed by atoms with Crippen LogP contribution in [0.1, 0.15) is 59.8 Å². The molecule has 3 unspecified atom stereocenters. The molecule has 132 valence electrons. The van der Waals surface area contributed by atoms with Gasteiger partial charge in [0.05, 0.1) is 0 Å². The Bertz CT molecular complexity index is 638. The first kappa shape index (κ1) is 16.5. The summed E-state index contributed by atoms with van der Waals surface area (Å²) < 4.78 is 14.3. The smallest absolute Gasteiger partial charge is 0.173 e. The number of carbonyl (C=O) groups is 2. The Balaban J connectivity index is 1.78. The topological polar surface area (TPSA) is 34.1 Å². The molecule has 0 saturated heterocycles. The number of allylic oxidation sites excluding steroid dienone is 1. The van der Waals surface area contributed by atoms with Gasteiger partial charge in [-0.3, -0.25) is 9.59 Å². The maximum absolute atomic E-state index is 14.3. The summed E-state index contributed by atoms with van der Waals surface area (Å²) in [4.78, 5) is 24.6. The Kier molecular flexibility index (Phi) is 3.44. The van der Waals surface area contributed by atoms with Crippen molar-refractivity contribution in [2.24, 2.45) is 40.4 Å². The summed E-state index contributed by atoms with van der Waals surface area (Å²) in [6, 6.07) is 0. The highest BCUT2D eigenvalue weighted by molar-refractivity contribution is 5.92. The van der Waals surface area contributed by atoms with Gasteiger partial charge in [0.2, 0.25) is 0 Å². The number of carbonyl (C=O) groups excluding carboxylic acids is 2. The SMILES string of the molecule is CC1CC2=CC(=O)CC(C)[C@]2(C)[C@@H]2CC[C@]3(C)C(=O)C(F)C[C@H]3[C@H]12. The molecule has 3 fully saturated rings. The standard InChI is InChI=1S/C21H29FO2/c1-11-7-13-9-14(23)8-12(2)21(13,4)15-5-6-20(3)16(18(11)15)10-17(22)19(20)24/h9,11-12,15-18H,5-8,10H2,1-4H3/t11?,12?,15-,16+,17?,18-,20+,21+/m1/s1. The largest absolute Gasteiger partial charge is 0.296 e. The molecule has 4 aliphatic carbocycles. The van der Waals surface area contributed by atoms with Crippen LogP contribution in [-0.4, -0.2) is 17.7 Å². The number of hydrogen-bond acceptors (Lipinski definition) is 2. The molecule has 0 aliphatic heterocycles.